The number of amides is 1. The number of carbonyl (C=O) groups excluding carboxylic acids is 1. The Labute approximate surface area is 163 Å². The van der Waals surface area contributed by atoms with Crippen LogP contribution in [0.15, 0.2) is 48.7 Å². The molecule has 3 aromatic rings. The van der Waals surface area contributed by atoms with Crippen molar-refractivity contribution in [2.45, 2.75) is 0 Å². The lowest BCUT2D eigenvalue weighted by atomic mass is 10.2. The standard InChI is InChI=1S/C18H14ClIN2O3/c1-24-12-5-2-4-11(8-12)22-16(23)10-25-18-15(20)9-14(19)13-6-3-7-21-17(13)18/h2-9H,10H2,1H3,(H,22,23). The molecule has 0 saturated heterocycles. The van der Waals surface area contributed by atoms with Crippen LogP contribution in [0.3, 0.4) is 0 Å². The molecule has 0 unspecified atom stereocenters. The fourth-order valence-electron chi connectivity index (χ4n) is 2.32. The highest BCUT2D eigenvalue weighted by Gasteiger charge is 2.14. The number of benzene rings is 2. The van der Waals surface area contributed by atoms with Gasteiger partial charge in [0.2, 0.25) is 0 Å². The van der Waals surface area contributed by atoms with Crippen molar-refractivity contribution in [2.24, 2.45) is 0 Å². The third-order valence-corrected chi connectivity index (χ3v) is 4.57. The van der Waals surface area contributed by atoms with Crippen LogP contribution in [0.4, 0.5) is 5.69 Å². The zero-order valence-corrected chi connectivity index (χ0v) is 16.2. The molecule has 3 rings (SSSR count). The molecule has 128 valence electrons. The Morgan fingerprint density at radius 2 is 2.12 bits per heavy atom. The van der Waals surface area contributed by atoms with E-state index in [9.17, 15) is 4.79 Å². The predicted molar refractivity (Wildman–Crippen MR) is 107 cm³/mol. The molecule has 0 atom stereocenters. The van der Waals surface area contributed by atoms with Gasteiger partial charge < -0.3 is 14.8 Å². The number of anilines is 1. The molecular formula is C18H14ClIN2O3. The maximum absolute atomic E-state index is 12.2. The average molecular weight is 469 g/mol. The molecule has 1 heterocycles. The third kappa shape index (κ3) is 4.13. The van der Waals surface area contributed by atoms with Crippen LogP contribution in [-0.4, -0.2) is 24.6 Å². The summed E-state index contributed by atoms with van der Waals surface area (Å²) in [6, 6.07) is 12.6. The second-order valence-corrected chi connectivity index (χ2v) is 6.71. The minimum atomic E-state index is -0.275. The van der Waals surface area contributed by atoms with Crippen LogP contribution < -0.4 is 14.8 Å². The average Bonchev–Trinajstić information content (AvgIpc) is 2.61. The van der Waals surface area contributed by atoms with Gasteiger partial charge in [-0.3, -0.25) is 9.78 Å². The number of carbonyl (C=O) groups is 1. The molecule has 0 spiro atoms. The zero-order chi connectivity index (χ0) is 17.8. The van der Waals surface area contributed by atoms with Gasteiger partial charge in [-0.05, 0) is 52.9 Å². The first-order valence-corrected chi connectivity index (χ1v) is 8.83. The van der Waals surface area contributed by atoms with E-state index in [4.69, 9.17) is 21.1 Å². The first kappa shape index (κ1) is 17.8. The number of methoxy groups -OCH3 is 1. The van der Waals surface area contributed by atoms with E-state index in [1.807, 2.05) is 6.07 Å². The summed E-state index contributed by atoms with van der Waals surface area (Å²) in [6.07, 6.45) is 1.66. The minimum absolute atomic E-state index is 0.138. The van der Waals surface area contributed by atoms with Gasteiger partial charge in [-0.15, -0.1) is 0 Å². The normalized spacial score (nSPS) is 10.5. The quantitative estimate of drug-likeness (QED) is 0.560. The lowest BCUT2D eigenvalue weighted by Gasteiger charge is -2.12. The number of pyridine rings is 1. The summed E-state index contributed by atoms with van der Waals surface area (Å²) < 4.78 is 11.7. The van der Waals surface area contributed by atoms with Crippen molar-refractivity contribution in [1.29, 1.82) is 0 Å². The molecule has 0 aliphatic heterocycles. The first-order valence-electron chi connectivity index (χ1n) is 7.38. The van der Waals surface area contributed by atoms with Crippen molar-refractivity contribution in [3.8, 4) is 11.5 Å². The van der Waals surface area contributed by atoms with Crippen molar-refractivity contribution in [3.63, 3.8) is 0 Å². The van der Waals surface area contributed by atoms with Crippen molar-refractivity contribution < 1.29 is 14.3 Å². The van der Waals surface area contributed by atoms with Gasteiger partial charge in [-0.25, -0.2) is 0 Å². The van der Waals surface area contributed by atoms with E-state index in [1.165, 1.54) is 0 Å². The molecule has 0 aliphatic rings. The Balaban J connectivity index is 1.75. The molecule has 0 fully saturated rings. The van der Waals surface area contributed by atoms with Gasteiger partial charge >= 0.3 is 0 Å². The fourth-order valence-corrected chi connectivity index (χ4v) is 3.49. The Kier molecular flexibility index (Phi) is 5.60. The van der Waals surface area contributed by atoms with Gasteiger partial charge in [0.05, 0.1) is 15.7 Å². The van der Waals surface area contributed by atoms with Crippen molar-refractivity contribution >= 4 is 56.7 Å². The lowest BCUT2D eigenvalue weighted by Crippen LogP contribution is -2.20. The van der Waals surface area contributed by atoms with E-state index in [0.29, 0.717) is 27.7 Å². The summed E-state index contributed by atoms with van der Waals surface area (Å²) in [7, 11) is 1.57. The van der Waals surface area contributed by atoms with Crippen LogP contribution >= 0.6 is 34.2 Å². The number of aromatic nitrogens is 1. The highest BCUT2D eigenvalue weighted by Crippen LogP contribution is 2.34. The van der Waals surface area contributed by atoms with Crippen LogP contribution in [0.25, 0.3) is 10.9 Å². The summed E-state index contributed by atoms with van der Waals surface area (Å²) in [6.45, 7) is -0.138. The van der Waals surface area contributed by atoms with Gasteiger partial charge in [0.1, 0.15) is 11.3 Å². The molecule has 0 radical (unpaired) electrons. The van der Waals surface area contributed by atoms with E-state index in [-0.39, 0.29) is 12.5 Å². The Hall–Kier alpha value is -2.06. The Morgan fingerprint density at radius 1 is 1.28 bits per heavy atom. The highest BCUT2D eigenvalue weighted by molar-refractivity contribution is 14.1. The Morgan fingerprint density at radius 3 is 2.92 bits per heavy atom. The molecule has 5 nitrogen and oxygen atoms in total. The number of nitrogens with zero attached hydrogens (tertiary/aromatic N) is 1. The number of nitrogens with one attached hydrogen (secondary N) is 1. The van der Waals surface area contributed by atoms with Crippen LogP contribution in [0.1, 0.15) is 0 Å². The second kappa shape index (κ2) is 7.88. The summed E-state index contributed by atoms with van der Waals surface area (Å²) in [4.78, 5) is 16.5. The number of hydrogen-bond acceptors (Lipinski definition) is 4. The fraction of sp³-hybridized carbons (Fsp3) is 0.111. The van der Waals surface area contributed by atoms with E-state index in [2.05, 4.69) is 32.9 Å². The van der Waals surface area contributed by atoms with Gasteiger partial charge in [0, 0.05) is 23.3 Å². The molecule has 0 bridgehead atoms. The smallest absolute Gasteiger partial charge is 0.262 e. The maximum Gasteiger partial charge on any atom is 0.262 e. The largest absolute Gasteiger partial charge is 0.497 e. The third-order valence-electron chi connectivity index (χ3n) is 3.45. The van der Waals surface area contributed by atoms with E-state index >= 15 is 0 Å². The highest BCUT2D eigenvalue weighted by atomic mass is 127. The SMILES string of the molecule is COc1cccc(NC(=O)COc2c(I)cc(Cl)c3cccnc23)c1. The number of fused-ring (bicyclic) bond motifs is 1. The molecule has 7 heteroatoms. The van der Waals surface area contributed by atoms with Crippen molar-refractivity contribution in [2.75, 3.05) is 19.0 Å². The predicted octanol–water partition coefficient (Wildman–Crippen LogP) is 4.52. The van der Waals surface area contributed by atoms with Gasteiger partial charge in [-0.1, -0.05) is 17.7 Å². The van der Waals surface area contributed by atoms with Crippen molar-refractivity contribution in [1.82, 2.24) is 4.98 Å². The van der Waals surface area contributed by atoms with E-state index in [1.54, 1.807) is 49.7 Å². The molecule has 1 N–H and O–H groups in total. The molecule has 2 aromatic carbocycles. The number of ether oxygens (including phenoxy) is 2. The van der Waals surface area contributed by atoms with Crippen LogP contribution in [0.5, 0.6) is 11.5 Å². The zero-order valence-electron chi connectivity index (χ0n) is 13.3. The number of rotatable bonds is 5. The minimum Gasteiger partial charge on any atom is -0.497 e. The summed E-state index contributed by atoms with van der Waals surface area (Å²) in [5, 5.41) is 4.16. The van der Waals surface area contributed by atoms with Crippen LogP contribution in [-0.2, 0) is 4.79 Å². The second-order valence-electron chi connectivity index (χ2n) is 5.14. The van der Waals surface area contributed by atoms with E-state index < -0.39 is 0 Å². The van der Waals surface area contributed by atoms with Crippen LogP contribution in [0.2, 0.25) is 5.02 Å². The number of halogens is 2. The topological polar surface area (TPSA) is 60.5 Å². The van der Waals surface area contributed by atoms with Crippen molar-refractivity contribution in [3.05, 3.63) is 57.3 Å². The van der Waals surface area contributed by atoms with Gasteiger partial charge in [0.15, 0.2) is 12.4 Å². The molecule has 1 aromatic heterocycles. The van der Waals surface area contributed by atoms with Crippen LogP contribution in [0, 0.1) is 3.57 Å². The first-order chi connectivity index (χ1) is 12.1. The summed E-state index contributed by atoms with van der Waals surface area (Å²) >= 11 is 8.36. The monoisotopic (exact) mass is 468 g/mol. The molecular weight excluding hydrogens is 455 g/mol. The molecule has 0 saturated carbocycles. The summed E-state index contributed by atoms with van der Waals surface area (Å²) in [5.74, 6) is 0.936. The maximum atomic E-state index is 12.2. The molecule has 25 heavy (non-hydrogen) atoms. The van der Waals surface area contributed by atoms with E-state index in [0.717, 1.165) is 8.96 Å². The molecule has 1 amide bonds. The van der Waals surface area contributed by atoms with Gasteiger partial charge in [0.25, 0.3) is 5.91 Å². The number of hydrogen-bond donors (Lipinski definition) is 1. The Bertz CT molecular complexity index is 933. The molecule has 0 aliphatic carbocycles. The van der Waals surface area contributed by atoms with Gasteiger partial charge in [-0.2, -0.15) is 0 Å². The lowest BCUT2D eigenvalue weighted by molar-refractivity contribution is -0.118. The summed E-state index contributed by atoms with van der Waals surface area (Å²) in [5.41, 5.74) is 1.27.